The Morgan fingerprint density at radius 2 is 2.00 bits per heavy atom. The number of nitrogens with one attached hydrogen (secondary N) is 2. The van der Waals surface area contributed by atoms with Crippen LogP contribution in [-0.4, -0.2) is 39.5 Å². The number of amides is 2. The number of rotatable bonds is 2. The van der Waals surface area contributed by atoms with Crippen LogP contribution in [0.1, 0.15) is 56.4 Å². The lowest BCUT2D eigenvalue weighted by Crippen LogP contribution is -2.42. The van der Waals surface area contributed by atoms with Crippen molar-refractivity contribution in [1.82, 2.24) is 20.4 Å². The van der Waals surface area contributed by atoms with Gasteiger partial charge < -0.3 is 10.2 Å². The number of hydrogen-bond acceptors (Lipinski definition) is 3. The third-order valence-corrected chi connectivity index (χ3v) is 3.50. The Balaban J connectivity index is 2.22. The molecule has 0 radical (unpaired) electrons. The van der Waals surface area contributed by atoms with Crippen molar-refractivity contribution in [3.8, 4) is 0 Å². The van der Waals surface area contributed by atoms with Crippen molar-refractivity contribution in [3.05, 3.63) is 17.0 Å². The molecule has 0 aliphatic carbocycles. The zero-order valence-corrected chi connectivity index (χ0v) is 13.4. The van der Waals surface area contributed by atoms with Gasteiger partial charge in [-0.15, -0.1) is 0 Å². The van der Waals surface area contributed by atoms with Crippen molar-refractivity contribution >= 4 is 11.8 Å². The molecule has 0 spiro atoms. The van der Waals surface area contributed by atoms with Crippen molar-refractivity contribution in [3.63, 3.8) is 0 Å². The maximum atomic E-state index is 12.4. The minimum Gasteiger partial charge on any atom is -0.348 e. The lowest BCUT2D eigenvalue weighted by Gasteiger charge is -2.32. The van der Waals surface area contributed by atoms with E-state index in [1.165, 1.54) is 0 Å². The molecule has 1 aromatic heterocycles. The molecule has 0 atom stereocenters. The van der Waals surface area contributed by atoms with E-state index in [0.717, 1.165) is 11.3 Å². The number of aromatic nitrogens is 2. The fourth-order valence-electron chi connectivity index (χ4n) is 2.46. The van der Waals surface area contributed by atoms with Gasteiger partial charge in [-0.1, -0.05) is 20.8 Å². The molecule has 0 saturated heterocycles. The summed E-state index contributed by atoms with van der Waals surface area (Å²) < 4.78 is 0. The van der Waals surface area contributed by atoms with Gasteiger partial charge in [0, 0.05) is 42.2 Å². The van der Waals surface area contributed by atoms with Gasteiger partial charge in [-0.2, -0.15) is 5.10 Å². The number of nitrogens with zero attached hydrogens (tertiary/aromatic N) is 2. The van der Waals surface area contributed by atoms with Crippen LogP contribution >= 0.6 is 0 Å². The smallest absolute Gasteiger partial charge is 0.272 e. The molecular formula is C15H24N4O2. The predicted octanol–water partition coefficient (Wildman–Crippen LogP) is 1.48. The van der Waals surface area contributed by atoms with E-state index in [9.17, 15) is 9.59 Å². The minimum atomic E-state index is -0.415. The number of fused-ring (bicyclic) bond motifs is 1. The van der Waals surface area contributed by atoms with E-state index in [0.29, 0.717) is 25.2 Å². The van der Waals surface area contributed by atoms with Gasteiger partial charge >= 0.3 is 0 Å². The molecule has 1 aliphatic heterocycles. The molecule has 6 heteroatoms. The summed E-state index contributed by atoms with van der Waals surface area (Å²) in [4.78, 5) is 26.4. The summed E-state index contributed by atoms with van der Waals surface area (Å²) in [6.45, 7) is 10.7. The Morgan fingerprint density at radius 1 is 1.33 bits per heavy atom. The molecule has 2 rings (SSSR count). The first kappa shape index (κ1) is 15.5. The quantitative estimate of drug-likeness (QED) is 0.866. The van der Waals surface area contributed by atoms with Crippen LogP contribution in [0, 0.1) is 5.41 Å². The number of hydrogen-bond donors (Lipinski definition) is 2. The Hall–Kier alpha value is -1.85. The Morgan fingerprint density at radius 3 is 2.57 bits per heavy atom. The molecule has 2 N–H and O–H groups in total. The summed E-state index contributed by atoms with van der Waals surface area (Å²) in [7, 11) is 0. The molecule has 1 aliphatic rings. The van der Waals surface area contributed by atoms with Crippen molar-refractivity contribution in [1.29, 1.82) is 0 Å². The second kappa shape index (κ2) is 5.50. The highest BCUT2D eigenvalue weighted by Gasteiger charge is 2.32. The molecule has 0 aromatic carbocycles. The van der Waals surface area contributed by atoms with Crippen LogP contribution in [0.3, 0.4) is 0 Å². The third kappa shape index (κ3) is 3.25. The molecule has 2 amide bonds. The monoisotopic (exact) mass is 292 g/mol. The van der Waals surface area contributed by atoms with Crippen LogP contribution in [0.4, 0.5) is 0 Å². The zero-order chi connectivity index (χ0) is 15.8. The van der Waals surface area contributed by atoms with Gasteiger partial charge in [0.05, 0.1) is 0 Å². The molecule has 0 unspecified atom stereocenters. The maximum absolute atomic E-state index is 12.4. The van der Waals surface area contributed by atoms with Crippen LogP contribution in [-0.2, 0) is 17.8 Å². The van der Waals surface area contributed by atoms with E-state index < -0.39 is 5.41 Å². The van der Waals surface area contributed by atoms with Crippen LogP contribution in [0.25, 0.3) is 0 Å². The number of carbonyl (C=O) groups is 2. The van der Waals surface area contributed by atoms with Crippen LogP contribution in [0.5, 0.6) is 0 Å². The van der Waals surface area contributed by atoms with Crippen molar-refractivity contribution in [2.45, 2.75) is 53.6 Å². The normalized spacial score (nSPS) is 15.0. The summed E-state index contributed by atoms with van der Waals surface area (Å²) in [5.74, 6) is -0.0860. The summed E-state index contributed by atoms with van der Waals surface area (Å²) in [5, 5.41) is 9.91. The topological polar surface area (TPSA) is 78.1 Å². The first-order valence-corrected chi connectivity index (χ1v) is 7.36. The van der Waals surface area contributed by atoms with Gasteiger partial charge in [0.1, 0.15) is 0 Å². The molecular weight excluding hydrogens is 268 g/mol. The van der Waals surface area contributed by atoms with Gasteiger partial charge in [-0.05, 0) is 13.8 Å². The van der Waals surface area contributed by atoms with Crippen LogP contribution in [0.2, 0.25) is 0 Å². The minimum absolute atomic E-state index is 0.0563. The fraction of sp³-hybridized carbons (Fsp3) is 0.667. The van der Waals surface area contributed by atoms with Crippen LogP contribution in [0.15, 0.2) is 0 Å². The molecule has 2 heterocycles. The number of aromatic amines is 1. The van der Waals surface area contributed by atoms with Gasteiger partial charge in [-0.25, -0.2) is 0 Å². The second-order valence-electron chi connectivity index (χ2n) is 6.88. The summed E-state index contributed by atoms with van der Waals surface area (Å²) >= 11 is 0. The Bertz CT molecular complexity index is 555. The Kier molecular flexibility index (Phi) is 4.07. The van der Waals surface area contributed by atoms with Crippen molar-refractivity contribution < 1.29 is 9.59 Å². The molecule has 0 fully saturated rings. The average molecular weight is 292 g/mol. The SMILES string of the molecule is CC(C)NC(=O)c1n[nH]c2c1CN(C(=O)C(C)(C)C)CC2. The largest absolute Gasteiger partial charge is 0.348 e. The molecule has 21 heavy (non-hydrogen) atoms. The second-order valence-corrected chi connectivity index (χ2v) is 6.88. The lowest BCUT2D eigenvalue weighted by molar-refractivity contribution is -0.140. The highest BCUT2D eigenvalue weighted by molar-refractivity contribution is 5.94. The van der Waals surface area contributed by atoms with Crippen molar-refractivity contribution in [2.24, 2.45) is 5.41 Å². The average Bonchev–Trinajstić information content (AvgIpc) is 2.78. The van der Waals surface area contributed by atoms with Gasteiger partial charge in [0.15, 0.2) is 5.69 Å². The molecule has 0 bridgehead atoms. The molecule has 6 nitrogen and oxygen atoms in total. The molecule has 1 aromatic rings. The predicted molar refractivity (Wildman–Crippen MR) is 79.8 cm³/mol. The highest BCUT2D eigenvalue weighted by atomic mass is 16.2. The lowest BCUT2D eigenvalue weighted by atomic mass is 9.93. The van der Waals surface area contributed by atoms with Crippen molar-refractivity contribution in [2.75, 3.05) is 6.54 Å². The zero-order valence-electron chi connectivity index (χ0n) is 13.4. The Labute approximate surface area is 125 Å². The standard InChI is InChI=1S/C15H24N4O2/c1-9(2)16-13(20)12-10-8-19(14(21)15(3,4)5)7-6-11(10)17-18-12/h9H,6-8H2,1-5H3,(H,16,20)(H,17,18). The van der Waals surface area contributed by atoms with Gasteiger partial charge in [0.2, 0.25) is 5.91 Å². The molecule has 116 valence electrons. The fourth-order valence-corrected chi connectivity index (χ4v) is 2.46. The first-order chi connectivity index (χ1) is 9.70. The molecule has 0 saturated carbocycles. The first-order valence-electron chi connectivity index (χ1n) is 7.36. The van der Waals surface area contributed by atoms with Gasteiger partial charge in [-0.3, -0.25) is 14.7 Å². The van der Waals surface area contributed by atoms with E-state index in [1.807, 2.05) is 39.5 Å². The van der Waals surface area contributed by atoms with E-state index in [1.54, 1.807) is 0 Å². The summed E-state index contributed by atoms with van der Waals surface area (Å²) in [5.41, 5.74) is 1.80. The van der Waals surface area contributed by atoms with E-state index in [-0.39, 0.29) is 17.9 Å². The maximum Gasteiger partial charge on any atom is 0.272 e. The van der Waals surface area contributed by atoms with E-state index >= 15 is 0 Å². The summed E-state index contributed by atoms with van der Waals surface area (Å²) in [6.07, 6.45) is 0.707. The van der Waals surface area contributed by atoms with E-state index in [4.69, 9.17) is 0 Å². The van der Waals surface area contributed by atoms with Gasteiger partial charge in [0.25, 0.3) is 5.91 Å². The number of carbonyl (C=O) groups excluding carboxylic acids is 2. The van der Waals surface area contributed by atoms with E-state index in [2.05, 4.69) is 15.5 Å². The number of H-pyrrole nitrogens is 1. The van der Waals surface area contributed by atoms with Crippen LogP contribution < -0.4 is 5.32 Å². The summed E-state index contributed by atoms with van der Waals surface area (Å²) in [6, 6.07) is 0.0563. The highest BCUT2D eigenvalue weighted by Crippen LogP contribution is 2.25. The third-order valence-electron chi connectivity index (χ3n) is 3.50.